The van der Waals surface area contributed by atoms with Crippen molar-refractivity contribution < 1.29 is 27.9 Å². The van der Waals surface area contributed by atoms with Crippen molar-refractivity contribution in [3.63, 3.8) is 0 Å². The van der Waals surface area contributed by atoms with Gasteiger partial charge in [0, 0.05) is 6.54 Å². The van der Waals surface area contributed by atoms with E-state index in [2.05, 4.69) is 0 Å². The molecule has 21 heavy (non-hydrogen) atoms. The molecular weight excluding hydrogens is 287 g/mol. The van der Waals surface area contributed by atoms with Gasteiger partial charge in [0.25, 0.3) is 0 Å². The van der Waals surface area contributed by atoms with Crippen LogP contribution < -0.4 is 0 Å². The Kier molecular flexibility index (Phi) is 4.20. The van der Waals surface area contributed by atoms with Crippen molar-refractivity contribution in [1.29, 1.82) is 0 Å². The fraction of sp³-hybridized carbons (Fsp3) is 0.429. The van der Waals surface area contributed by atoms with Crippen LogP contribution in [0.4, 0.5) is 13.2 Å². The average Bonchev–Trinajstić information content (AvgIpc) is 2.45. The van der Waals surface area contributed by atoms with Crippen LogP contribution in [-0.2, 0) is 9.59 Å². The van der Waals surface area contributed by atoms with Gasteiger partial charge in [-0.3, -0.25) is 9.59 Å². The quantitative estimate of drug-likeness (QED) is 0.913. The van der Waals surface area contributed by atoms with Gasteiger partial charge in [0.2, 0.25) is 0 Å². The molecule has 1 aromatic rings. The summed E-state index contributed by atoms with van der Waals surface area (Å²) in [5.41, 5.74) is 0.515. The summed E-state index contributed by atoms with van der Waals surface area (Å²) in [5, 5.41) is 9.06. The number of amides is 1. The van der Waals surface area contributed by atoms with E-state index in [0.29, 0.717) is 5.56 Å². The lowest BCUT2D eigenvalue weighted by Crippen LogP contribution is -2.48. The van der Waals surface area contributed by atoms with Crippen LogP contribution in [0.15, 0.2) is 30.3 Å². The number of nitrogens with zero attached hydrogens (tertiary/aromatic N) is 1. The number of aliphatic carboxylic acids is 1. The van der Waals surface area contributed by atoms with E-state index >= 15 is 0 Å². The summed E-state index contributed by atoms with van der Waals surface area (Å²) in [6.45, 7) is -0.213. The van der Waals surface area contributed by atoms with Gasteiger partial charge in [0.15, 0.2) is 0 Å². The molecule has 0 bridgehead atoms. The Labute approximate surface area is 119 Å². The number of alkyl halides is 3. The minimum absolute atomic E-state index is 0.0127. The number of hydrogen-bond donors (Lipinski definition) is 1. The van der Waals surface area contributed by atoms with E-state index < -0.39 is 30.0 Å². The molecule has 2 atom stereocenters. The first-order valence-corrected chi connectivity index (χ1v) is 6.46. The Morgan fingerprint density at radius 1 is 1.19 bits per heavy atom. The minimum atomic E-state index is -4.96. The summed E-state index contributed by atoms with van der Waals surface area (Å²) in [4.78, 5) is 23.3. The number of carboxylic acid groups (broad SMARTS) is 1. The predicted octanol–water partition coefficient (Wildman–Crippen LogP) is 2.61. The lowest BCUT2D eigenvalue weighted by atomic mass is 9.87. The van der Waals surface area contributed by atoms with E-state index in [4.69, 9.17) is 5.11 Å². The molecule has 1 fully saturated rings. The highest BCUT2D eigenvalue weighted by atomic mass is 19.4. The summed E-state index contributed by atoms with van der Waals surface area (Å²) >= 11 is 0. The maximum atomic E-state index is 12.7. The van der Waals surface area contributed by atoms with Crippen molar-refractivity contribution in [2.45, 2.75) is 25.1 Å². The Morgan fingerprint density at radius 2 is 1.81 bits per heavy atom. The first-order chi connectivity index (χ1) is 9.80. The molecule has 1 saturated heterocycles. The van der Waals surface area contributed by atoms with Gasteiger partial charge < -0.3 is 10.0 Å². The summed E-state index contributed by atoms with van der Waals surface area (Å²) < 4.78 is 38.0. The number of benzene rings is 1. The molecule has 0 aromatic heterocycles. The zero-order valence-electron chi connectivity index (χ0n) is 11.0. The van der Waals surface area contributed by atoms with Crippen molar-refractivity contribution >= 4 is 11.9 Å². The zero-order chi connectivity index (χ0) is 15.6. The SMILES string of the molecule is O=C(O)[C@H]1CCN(C(=O)C(F)(F)F)[C@@H](c2ccccc2)C1. The van der Waals surface area contributed by atoms with Gasteiger partial charge in [-0.1, -0.05) is 30.3 Å². The molecule has 0 saturated carbocycles. The first-order valence-electron chi connectivity index (χ1n) is 6.46. The predicted molar refractivity (Wildman–Crippen MR) is 67.3 cm³/mol. The second-order valence-corrected chi connectivity index (χ2v) is 4.98. The average molecular weight is 301 g/mol. The van der Waals surface area contributed by atoms with E-state index in [1.807, 2.05) is 0 Å². The largest absolute Gasteiger partial charge is 0.481 e. The van der Waals surface area contributed by atoms with Gasteiger partial charge in [-0.05, 0) is 18.4 Å². The molecule has 1 aliphatic rings. The van der Waals surface area contributed by atoms with Gasteiger partial charge in [-0.15, -0.1) is 0 Å². The van der Waals surface area contributed by atoms with Gasteiger partial charge in [0.1, 0.15) is 0 Å². The number of piperidine rings is 1. The fourth-order valence-electron chi connectivity index (χ4n) is 2.59. The topological polar surface area (TPSA) is 57.6 Å². The molecule has 2 rings (SSSR count). The van der Waals surface area contributed by atoms with Crippen LogP contribution in [0.1, 0.15) is 24.4 Å². The maximum absolute atomic E-state index is 12.7. The van der Waals surface area contributed by atoms with Crippen LogP contribution in [0.2, 0.25) is 0 Å². The second kappa shape index (κ2) is 5.75. The second-order valence-electron chi connectivity index (χ2n) is 4.98. The zero-order valence-corrected chi connectivity index (χ0v) is 11.0. The number of carbonyl (C=O) groups excluding carboxylic acids is 1. The standard InChI is InChI=1S/C14H14F3NO3/c15-14(16,17)13(21)18-7-6-10(12(19)20)8-11(18)9-4-2-1-3-5-9/h1-5,10-11H,6-8H2,(H,19,20)/t10-,11+/m0/s1. The first kappa shape index (κ1) is 15.3. The highest BCUT2D eigenvalue weighted by molar-refractivity contribution is 5.82. The van der Waals surface area contributed by atoms with Crippen molar-refractivity contribution in [2.75, 3.05) is 6.54 Å². The summed E-state index contributed by atoms with van der Waals surface area (Å²) in [7, 11) is 0. The monoisotopic (exact) mass is 301 g/mol. The van der Waals surface area contributed by atoms with Gasteiger partial charge in [0.05, 0.1) is 12.0 Å². The molecule has 0 spiro atoms. The van der Waals surface area contributed by atoms with Crippen LogP contribution in [0.3, 0.4) is 0 Å². The Bertz CT molecular complexity index is 530. The smallest absolute Gasteiger partial charge is 0.471 e. The molecule has 114 valence electrons. The Hall–Kier alpha value is -2.05. The molecule has 1 N–H and O–H groups in total. The molecule has 1 aliphatic heterocycles. The highest BCUT2D eigenvalue weighted by Gasteiger charge is 2.47. The van der Waals surface area contributed by atoms with E-state index in [0.717, 1.165) is 4.90 Å². The normalized spacial score (nSPS) is 22.9. The van der Waals surface area contributed by atoms with E-state index in [1.165, 1.54) is 0 Å². The molecular formula is C14H14F3NO3. The number of rotatable bonds is 2. The van der Waals surface area contributed by atoms with Crippen LogP contribution in [0.5, 0.6) is 0 Å². The fourth-order valence-corrected chi connectivity index (χ4v) is 2.59. The number of hydrogen-bond acceptors (Lipinski definition) is 2. The Morgan fingerprint density at radius 3 is 2.33 bits per heavy atom. The third-order valence-corrected chi connectivity index (χ3v) is 3.64. The number of carbonyl (C=O) groups is 2. The summed E-state index contributed by atoms with van der Waals surface area (Å²) in [5.74, 6) is -3.71. The molecule has 0 unspecified atom stereocenters. The van der Waals surface area contributed by atoms with Crippen LogP contribution >= 0.6 is 0 Å². The third kappa shape index (κ3) is 3.34. The molecule has 0 radical (unpaired) electrons. The van der Waals surface area contributed by atoms with Crippen molar-refractivity contribution in [1.82, 2.24) is 4.90 Å². The molecule has 4 nitrogen and oxygen atoms in total. The molecule has 1 heterocycles. The number of halogens is 3. The number of carboxylic acids is 1. The van der Waals surface area contributed by atoms with Crippen LogP contribution in [0.25, 0.3) is 0 Å². The van der Waals surface area contributed by atoms with Crippen molar-refractivity contribution in [2.24, 2.45) is 5.92 Å². The van der Waals surface area contributed by atoms with E-state index in [9.17, 15) is 22.8 Å². The Balaban J connectivity index is 2.31. The lowest BCUT2D eigenvalue weighted by molar-refractivity contribution is -0.190. The molecule has 1 aromatic carbocycles. The van der Waals surface area contributed by atoms with Crippen LogP contribution in [0, 0.1) is 5.92 Å². The van der Waals surface area contributed by atoms with Gasteiger partial charge in [-0.25, -0.2) is 0 Å². The molecule has 1 amide bonds. The van der Waals surface area contributed by atoms with Crippen molar-refractivity contribution in [3.05, 3.63) is 35.9 Å². The number of likely N-dealkylation sites (tertiary alicyclic amines) is 1. The maximum Gasteiger partial charge on any atom is 0.471 e. The molecule has 7 heteroatoms. The van der Waals surface area contributed by atoms with Crippen LogP contribution in [-0.4, -0.2) is 34.6 Å². The molecule has 0 aliphatic carbocycles. The van der Waals surface area contributed by atoms with Gasteiger partial charge >= 0.3 is 18.1 Å². The van der Waals surface area contributed by atoms with Gasteiger partial charge in [-0.2, -0.15) is 13.2 Å². The summed E-state index contributed by atoms with van der Waals surface area (Å²) in [6.07, 6.45) is -4.94. The summed E-state index contributed by atoms with van der Waals surface area (Å²) in [6, 6.07) is 7.34. The van der Waals surface area contributed by atoms with E-state index in [-0.39, 0.29) is 19.4 Å². The third-order valence-electron chi connectivity index (χ3n) is 3.64. The lowest BCUT2D eigenvalue weighted by Gasteiger charge is -2.38. The van der Waals surface area contributed by atoms with Crippen molar-refractivity contribution in [3.8, 4) is 0 Å². The van der Waals surface area contributed by atoms with E-state index in [1.54, 1.807) is 30.3 Å². The highest BCUT2D eigenvalue weighted by Crippen LogP contribution is 2.36. The minimum Gasteiger partial charge on any atom is -0.481 e.